The fourth-order valence-corrected chi connectivity index (χ4v) is 3.87. The maximum atomic E-state index is 13.4. The lowest BCUT2D eigenvalue weighted by molar-refractivity contribution is -0.137. The molecule has 1 aliphatic heterocycles. The van der Waals surface area contributed by atoms with Gasteiger partial charge < -0.3 is 4.90 Å². The number of rotatable bonds is 8. The van der Waals surface area contributed by atoms with E-state index in [-0.39, 0.29) is 11.8 Å². The number of amides is 2. The van der Waals surface area contributed by atoms with Crippen LogP contribution in [0.15, 0.2) is 54.2 Å². The van der Waals surface area contributed by atoms with Crippen LogP contribution in [0.2, 0.25) is 0 Å². The molecule has 0 N–H and O–H groups in total. The van der Waals surface area contributed by atoms with E-state index in [1.54, 1.807) is 0 Å². The molecule has 0 aliphatic carbocycles. The van der Waals surface area contributed by atoms with Gasteiger partial charge >= 0.3 is 0 Å². The summed E-state index contributed by atoms with van der Waals surface area (Å²) in [5.41, 5.74) is 5.21. The first-order chi connectivity index (χ1) is 14.0. The number of likely N-dealkylation sites (N-methyl/N-ethyl adjacent to an activating group) is 1. The van der Waals surface area contributed by atoms with Gasteiger partial charge in [-0.2, -0.15) is 0 Å². The number of hydrogen-bond acceptors (Lipinski definition) is 3. The molecule has 0 spiro atoms. The SMILES string of the molecule is CCCCN1C(=O)C(c2ccc(C)cc2C)=C(N(CC)Cc2ccccc2)C1=O. The van der Waals surface area contributed by atoms with Crippen LogP contribution in [0.1, 0.15) is 48.9 Å². The van der Waals surface area contributed by atoms with Crippen LogP contribution in [-0.2, 0) is 16.1 Å². The first kappa shape index (κ1) is 20.8. The van der Waals surface area contributed by atoms with Crippen molar-refractivity contribution in [2.75, 3.05) is 13.1 Å². The van der Waals surface area contributed by atoms with Gasteiger partial charge in [0, 0.05) is 19.6 Å². The first-order valence-electron chi connectivity index (χ1n) is 10.4. The number of imide groups is 1. The first-order valence-corrected chi connectivity index (χ1v) is 10.4. The van der Waals surface area contributed by atoms with E-state index in [2.05, 4.69) is 25.1 Å². The van der Waals surface area contributed by atoms with Crippen molar-refractivity contribution in [1.82, 2.24) is 9.80 Å². The normalized spacial score (nSPS) is 14.1. The summed E-state index contributed by atoms with van der Waals surface area (Å²) in [4.78, 5) is 30.2. The van der Waals surface area contributed by atoms with Gasteiger partial charge in [0.2, 0.25) is 0 Å². The number of aryl methyl sites for hydroxylation is 2. The van der Waals surface area contributed by atoms with Crippen LogP contribution in [0.5, 0.6) is 0 Å². The lowest BCUT2D eigenvalue weighted by Crippen LogP contribution is -2.35. The molecule has 2 aromatic carbocycles. The zero-order valence-corrected chi connectivity index (χ0v) is 17.9. The molecule has 0 aromatic heterocycles. The molecule has 152 valence electrons. The highest BCUT2D eigenvalue weighted by Gasteiger charge is 2.41. The molecule has 0 saturated heterocycles. The zero-order valence-electron chi connectivity index (χ0n) is 17.9. The van der Waals surface area contributed by atoms with Crippen molar-refractivity contribution in [3.05, 3.63) is 76.5 Å². The van der Waals surface area contributed by atoms with E-state index < -0.39 is 0 Å². The molecular formula is C25H30N2O2. The Labute approximate surface area is 173 Å². The Morgan fingerprint density at radius 2 is 1.66 bits per heavy atom. The lowest BCUT2D eigenvalue weighted by atomic mass is 9.97. The molecule has 1 aliphatic rings. The van der Waals surface area contributed by atoms with Crippen molar-refractivity contribution in [3.8, 4) is 0 Å². The van der Waals surface area contributed by atoms with Gasteiger partial charge in [-0.3, -0.25) is 14.5 Å². The monoisotopic (exact) mass is 390 g/mol. The number of carbonyl (C=O) groups is 2. The van der Waals surface area contributed by atoms with E-state index in [4.69, 9.17) is 0 Å². The molecule has 0 radical (unpaired) electrons. The Bertz CT molecular complexity index is 931. The van der Waals surface area contributed by atoms with Crippen LogP contribution in [0.4, 0.5) is 0 Å². The van der Waals surface area contributed by atoms with Crippen molar-refractivity contribution in [2.45, 2.75) is 47.1 Å². The predicted molar refractivity (Wildman–Crippen MR) is 117 cm³/mol. The Morgan fingerprint density at radius 3 is 2.28 bits per heavy atom. The van der Waals surface area contributed by atoms with Crippen LogP contribution >= 0.6 is 0 Å². The van der Waals surface area contributed by atoms with E-state index >= 15 is 0 Å². The summed E-state index contributed by atoms with van der Waals surface area (Å²) in [5, 5.41) is 0. The van der Waals surface area contributed by atoms with E-state index in [0.717, 1.165) is 35.1 Å². The van der Waals surface area contributed by atoms with Crippen LogP contribution in [-0.4, -0.2) is 34.7 Å². The van der Waals surface area contributed by atoms with Crippen LogP contribution in [0, 0.1) is 13.8 Å². The highest BCUT2D eigenvalue weighted by Crippen LogP contribution is 2.34. The van der Waals surface area contributed by atoms with Gasteiger partial charge in [0.1, 0.15) is 5.70 Å². The van der Waals surface area contributed by atoms with Crippen molar-refractivity contribution < 1.29 is 9.59 Å². The lowest BCUT2D eigenvalue weighted by Gasteiger charge is -2.25. The molecule has 4 nitrogen and oxygen atoms in total. The summed E-state index contributed by atoms with van der Waals surface area (Å²) >= 11 is 0. The molecule has 0 saturated carbocycles. The molecule has 1 heterocycles. The summed E-state index contributed by atoms with van der Waals surface area (Å²) in [6.45, 7) is 9.86. The number of hydrogen-bond donors (Lipinski definition) is 0. The molecule has 29 heavy (non-hydrogen) atoms. The molecule has 2 aromatic rings. The van der Waals surface area contributed by atoms with Crippen LogP contribution in [0.3, 0.4) is 0 Å². The summed E-state index contributed by atoms with van der Waals surface area (Å²) < 4.78 is 0. The van der Waals surface area contributed by atoms with Gasteiger partial charge in [-0.25, -0.2) is 0 Å². The van der Waals surface area contributed by atoms with Crippen molar-refractivity contribution >= 4 is 17.4 Å². The van der Waals surface area contributed by atoms with Gasteiger partial charge in [-0.15, -0.1) is 0 Å². The number of carbonyl (C=O) groups excluding carboxylic acids is 2. The van der Waals surface area contributed by atoms with E-state index in [9.17, 15) is 9.59 Å². The highest BCUT2D eigenvalue weighted by atomic mass is 16.2. The smallest absolute Gasteiger partial charge is 0.277 e. The Morgan fingerprint density at radius 1 is 0.931 bits per heavy atom. The number of unbranched alkanes of at least 4 members (excludes halogenated alkanes) is 1. The number of nitrogens with zero attached hydrogens (tertiary/aromatic N) is 2. The van der Waals surface area contributed by atoms with E-state index in [1.165, 1.54) is 4.90 Å². The second-order valence-corrected chi connectivity index (χ2v) is 7.66. The van der Waals surface area contributed by atoms with Crippen LogP contribution in [0.25, 0.3) is 5.57 Å². The van der Waals surface area contributed by atoms with E-state index in [1.807, 2.05) is 56.0 Å². The quantitative estimate of drug-likeness (QED) is 0.613. The average molecular weight is 391 g/mol. The largest absolute Gasteiger partial charge is 0.362 e. The highest BCUT2D eigenvalue weighted by molar-refractivity contribution is 6.35. The summed E-state index contributed by atoms with van der Waals surface area (Å²) in [5.74, 6) is -0.340. The standard InChI is InChI=1S/C25H30N2O2/c1-5-7-15-27-24(28)22(21-14-13-18(3)16-19(21)4)23(25(27)29)26(6-2)17-20-11-9-8-10-12-20/h8-14,16H,5-7,15,17H2,1-4H3. The van der Waals surface area contributed by atoms with Gasteiger partial charge in [0.25, 0.3) is 11.8 Å². The van der Waals surface area contributed by atoms with Gasteiger partial charge in [-0.1, -0.05) is 67.4 Å². The molecule has 0 fully saturated rings. The third-order valence-electron chi connectivity index (χ3n) is 5.44. The molecule has 3 rings (SSSR count). The number of benzene rings is 2. The summed E-state index contributed by atoms with van der Waals surface area (Å²) in [7, 11) is 0. The molecule has 0 unspecified atom stereocenters. The summed E-state index contributed by atoms with van der Waals surface area (Å²) in [6.07, 6.45) is 1.75. The molecular weight excluding hydrogens is 360 g/mol. The van der Waals surface area contributed by atoms with E-state index in [0.29, 0.717) is 30.9 Å². The van der Waals surface area contributed by atoms with Gasteiger partial charge in [0.05, 0.1) is 5.57 Å². The Balaban J connectivity index is 2.10. The van der Waals surface area contributed by atoms with Crippen molar-refractivity contribution in [2.24, 2.45) is 0 Å². The minimum atomic E-state index is -0.170. The van der Waals surface area contributed by atoms with Gasteiger partial charge in [0.15, 0.2) is 0 Å². The maximum Gasteiger partial charge on any atom is 0.277 e. The van der Waals surface area contributed by atoms with Crippen molar-refractivity contribution in [3.63, 3.8) is 0 Å². The third-order valence-corrected chi connectivity index (χ3v) is 5.44. The fraction of sp³-hybridized carbons (Fsp3) is 0.360. The second-order valence-electron chi connectivity index (χ2n) is 7.66. The zero-order chi connectivity index (χ0) is 21.0. The Kier molecular flexibility index (Phi) is 6.53. The van der Waals surface area contributed by atoms with Crippen molar-refractivity contribution in [1.29, 1.82) is 0 Å². The molecule has 2 amide bonds. The molecule has 0 bridgehead atoms. The maximum absolute atomic E-state index is 13.4. The Hall–Kier alpha value is -2.88. The second kappa shape index (κ2) is 9.08. The fourth-order valence-electron chi connectivity index (χ4n) is 3.87. The van der Waals surface area contributed by atoms with Crippen LogP contribution < -0.4 is 0 Å². The topological polar surface area (TPSA) is 40.6 Å². The molecule has 4 heteroatoms. The predicted octanol–water partition coefficient (Wildman–Crippen LogP) is 4.71. The summed E-state index contributed by atoms with van der Waals surface area (Å²) in [6, 6.07) is 16.1. The minimum Gasteiger partial charge on any atom is -0.362 e. The minimum absolute atomic E-state index is 0.170. The average Bonchev–Trinajstić information content (AvgIpc) is 2.95. The molecule has 0 atom stereocenters. The van der Waals surface area contributed by atoms with Gasteiger partial charge in [-0.05, 0) is 43.9 Å². The third kappa shape index (κ3) is 4.26.